The minimum absolute atomic E-state index is 0.115. The quantitative estimate of drug-likeness (QED) is 0.115. The van der Waals surface area contributed by atoms with Crippen LogP contribution in [0.1, 0.15) is 58.4 Å². The van der Waals surface area contributed by atoms with Crippen LogP contribution in [0.25, 0.3) is 10.9 Å². The zero-order valence-corrected chi connectivity index (χ0v) is 26.3. The number of carboxylic acid groups (broad SMARTS) is 1. The van der Waals surface area contributed by atoms with Gasteiger partial charge in [0.15, 0.2) is 0 Å². The molecule has 238 valence electrons. The lowest BCUT2D eigenvalue weighted by atomic mass is 9.88. The normalized spacial score (nSPS) is 13.5. The van der Waals surface area contributed by atoms with Gasteiger partial charge in [0, 0.05) is 42.4 Å². The van der Waals surface area contributed by atoms with Crippen molar-refractivity contribution in [1.29, 1.82) is 0 Å². The molecule has 0 saturated heterocycles. The maximum Gasteiger partial charge on any atom is 0.326 e. The summed E-state index contributed by atoms with van der Waals surface area (Å²) in [4.78, 5) is 66.0. The number of aliphatic carboxylic acids is 1. The molecule has 43 heavy (non-hydrogen) atoms. The van der Waals surface area contributed by atoms with E-state index in [4.69, 9.17) is 5.73 Å². The van der Waals surface area contributed by atoms with Gasteiger partial charge in [-0.2, -0.15) is 11.8 Å². The third-order valence-electron chi connectivity index (χ3n) is 7.24. The van der Waals surface area contributed by atoms with Crippen molar-refractivity contribution < 1.29 is 29.1 Å². The summed E-state index contributed by atoms with van der Waals surface area (Å²) >= 11 is 1.49. The summed E-state index contributed by atoms with van der Waals surface area (Å²) in [6, 6.07) is 4.50. The number of unbranched alkanes of at least 4 members (excludes halogenated alkanes) is 1. The van der Waals surface area contributed by atoms with Crippen molar-refractivity contribution in [2.24, 2.45) is 11.1 Å². The van der Waals surface area contributed by atoms with Crippen molar-refractivity contribution in [3.05, 3.63) is 36.0 Å². The van der Waals surface area contributed by atoms with Gasteiger partial charge in [-0.05, 0) is 62.3 Å². The van der Waals surface area contributed by atoms with E-state index in [1.54, 1.807) is 6.20 Å². The number of rotatable bonds is 19. The monoisotopic (exact) mass is 618 g/mol. The van der Waals surface area contributed by atoms with Crippen LogP contribution in [-0.2, 0) is 30.4 Å². The van der Waals surface area contributed by atoms with Crippen molar-refractivity contribution >= 4 is 52.3 Å². The lowest BCUT2D eigenvalue weighted by molar-refractivity contribution is -0.142. The van der Waals surface area contributed by atoms with Crippen LogP contribution in [0, 0.1) is 5.41 Å². The fraction of sp³-hybridized carbons (Fsp3) is 0.567. The van der Waals surface area contributed by atoms with Gasteiger partial charge in [-0.15, -0.1) is 0 Å². The first-order valence-electron chi connectivity index (χ1n) is 14.5. The average molecular weight is 619 g/mol. The highest BCUT2D eigenvalue weighted by molar-refractivity contribution is 7.98. The Bertz CT molecular complexity index is 1250. The molecule has 0 spiro atoms. The summed E-state index contributed by atoms with van der Waals surface area (Å²) in [5.41, 5.74) is 6.72. The van der Waals surface area contributed by atoms with Crippen LogP contribution in [0.2, 0.25) is 0 Å². The summed E-state index contributed by atoms with van der Waals surface area (Å²) < 4.78 is 0. The molecule has 2 rings (SSSR count). The van der Waals surface area contributed by atoms with Gasteiger partial charge in [-0.1, -0.05) is 32.0 Å². The number of carbonyl (C=O) groups is 5. The van der Waals surface area contributed by atoms with Crippen LogP contribution in [0.5, 0.6) is 0 Å². The van der Waals surface area contributed by atoms with E-state index in [2.05, 4.69) is 26.3 Å². The van der Waals surface area contributed by atoms with Crippen LogP contribution in [0.3, 0.4) is 0 Å². The number of para-hydroxylation sites is 1. The highest BCUT2D eigenvalue weighted by atomic mass is 32.2. The first-order chi connectivity index (χ1) is 20.4. The summed E-state index contributed by atoms with van der Waals surface area (Å²) in [6.07, 6.45) is 5.81. The fourth-order valence-corrected chi connectivity index (χ4v) is 5.14. The fourth-order valence-electron chi connectivity index (χ4n) is 4.67. The van der Waals surface area contributed by atoms with Crippen LogP contribution < -0.4 is 27.0 Å². The van der Waals surface area contributed by atoms with Gasteiger partial charge in [0.2, 0.25) is 23.6 Å². The Balaban J connectivity index is 2.02. The molecule has 13 heteroatoms. The highest BCUT2D eigenvalue weighted by Crippen LogP contribution is 2.20. The summed E-state index contributed by atoms with van der Waals surface area (Å²) in [5.74, 6) is -2.30. The molecule has 1 heterocycles. The number of aromatic amines is 1. The number of hydrogen-bond donors (Lipinski definition) is 7. The number of aromatic nitrogens is 1. The average Bonchev–Trinajstić information content (AvgIpc) is 3.36. The van der Waals surface area contributed by atoms with Gasteiger partial charge in [0.25, 0.3) is 0 Å². The number of H-pyrrole nitrogens is 1. The molecule has 0 saturated carbocycles. The number of benzene rings is 1. The van der Waals surface area contributed by atoms with Crippen molar-refractivity contribution in [2.45, 2.75) is 77.4 Å². The summed E-state index contributed by atoms with van der Waals surface area (Å²) in [7, 11) is 0. The smallest absolute Gasteiger partial charge is 0.326 e. The number of thioether (sulfide) groups is 1. The molecule has 0 bridgehead atoms. The molecule has 0 aliphatic carbocycles. The topological polar surface area (TPSA) is 196 Å². The molecular formula is C30H46N6O6S. The Kier molecular flexibility index (Phi) is 14.5. The third-order valence-corrected chi connectivity index (χ3v) is 7.88. The molecule has 0 aliphatic rings. The zero-order chi connectivity index (χ0) is 32.0. The van der Waals surface area contributed by atoms with E-state index < -0.39 is 47.2 Å². The van der Waals surface area contributed by atoms with E-state index in [1.165, 1.54) is 18.7 Å². The SMILES string of the molecule is CSCC[C@H](NC(=O)[C@H](Cc1c[nH]c2ccccc12)NC(C)=O)C(=O)NC(CCCCNC(=O)C(C)(C)CCN)C(=O)O. The number of hydrogen-bond acceptors (Lipinski definition) is 7. The molecule has 4 amide bonds. The van der Waals surface area contributed by atoms with E-state index >= 15 is 0 Å². The molecular weight excluding hydrogens is 572 g/mol. The third kappa shape index (κ3) is 11.6. The Morgan fingerprint density at radius 1 is 0.977 bits per heavy atom. The maximum absolute atomic E-state index is 13.4. The minimum Gasteiger partial charge on any atom is -0.480 e. The van der Waals surface area contributed by atoms with Gasteiger partial charge < -0.3 is 37.1 Å². The van der Waals surface area contributed by atoms with Gasteiger partial charge in [-0.3, -0.25) is 19.2 Å². The molecule has 0 aliphatic heterocycles. The Morgan fingerprint density at radius 3 is 2.30 bits per heavy atom. The Hall–Kier alpha value is -3.58. The second-order valence-corrected chi connectivity index (χ2v) is 12.2. The molecule has 8 N–H and O–H groups in total. The Morgan fingerprint density at radius 2 is 1.65 bits per heavy atom. The second kappa shape index (κ2) is 17.5. The number of nitrogens with two attached hydrogens (primary N) is 1. The molecule has 1 aromatic heterocycles. The van der Waals surface area contributed by atoms with Crippen molar-refractivity contribution in [2.75, 3.05) is 25.1 Å². The van der Waals surface area contributed by atoms with E-state index in [9.17, 15) is 29.1 Å². The lowest BCUT2D eigenvalue weighted by Crippen LogP contribution is -2.56. The van der Waals surface area contributed by atoms with Gasteiger partial charge >= 0.3 is 5.97 Å². The van der Waals surface area contributed by atoms with Gasteiger partial charge in [0.1, 0.15) is 18.1 Å². The Labute approximate surface area is 257 Å². The van der Waals surface area contributed by atoms with Crippen molar-refractivity contribution in [3.8, 4) is 0 Å². The largest absolute Gasteiger partial charge is 0.480 e. The molecule has 12 nitrogen and oxygen atoms in total. The molecule has 0 radical (unpaired) electrons. The van der Waals surface area contributed by atoms with Gasteiger partial charge in [0.05, 0.1) is 0 Å². The lowest BCUT2D eigenvalue weighted by Gasteiger charge is -2.24. The minimum atomic E-state index is -1.19. The first-order valence-corrected chi connectivity index (χ1v) is 15.9. The number of nitrogens with one attached hydrogen (secondary N) is 5. The van der Waals surface area contributed by atoms with E-state index in [0.29, 0.717) is 38.1 Å². The number of carboxylic acids is 1. The van der Waals surface area contributed by atoms with Crippen LogP contribution in [-0.4, -0.2) is 82.9 Å². The number of fused-ring (bicyclic) bond motifs is 1. The first kappa shape index (κ1) is 35.6. The molecule has 0 fully saturated rings. The van der Waals surface area contributed by atoms with Crippen LogP contribution in [0.4, 0.5) is 0 Å². The van der Waals surface area contributed by atoms with Crippen LogP contribution in [0.15, 0.2) is 30.5 Å². The van der Waals surface area contributed by atoms with E-state index in [-0.39, 0.29) is 25.2 Å². The van der Waals surface area contributed by atoms with Crippen LogP contribution >= 0.6 is 11.8 Å². The van der Waals surface area contributed by atoms with Crippen molar-refractivity contribution in [1.82, 2.24) is 26.3 Å². The molecule has 1 aromatic carbocycles. The second-order valence-electron chi connectivity index (χ2n) is 11.2. The summed E-state index contributed by atoms with van der Waals surface area (Å²) in [6.45, 7) is 5.73. The molecule has 3 atom stereocenters. The zero-order valence-electron chi connectivity index (χ0n) is 25.5. The highest BCUT2D eigenvalue weighted by Gasteiger charge is 2.30. The van der Waals surface area contributed by atoms with E-state index in [1.807, 2.05) is 44.4 Å². The number of carbonyl (C=O) groups excluding carboxylic acids is 4. The van der Waals surface area contributed by atoms with Gasteiger partial charge in [-0.25, -0.2) is 4.79 Å². The van der Waals surface area contributed by atoms with Crippen molar-refractivity contribution in [3.63, 3.8) is 0 Å². The number of amides is 4. The molecule has 1 unspecified atom stereocenters. The predicted octanol–water partition coefficient (Wildman–Crippen LogP) is 1.68. The molecule has 2 aromatic rings. The van der Waals surface area contributed by atoms with E-state index in [0.717, 1.165) is 16.5 Å². The standard InChI is InChI=1S/C30H46N6O6S/c1-19(37)34-25(17-20-18-33-22-10-6-5-9-21(20)22)27(39)35-23(12-16-43-4)26(38)36-24(28(40)41)11-7-8-15-32-29(42)30(2,3)13-14-31/h5-6,9-10,18,23-25,33H,7-8,11-17,31H2,1-4H3,(H,32,42)(H,34,37)(H,35,39)(H,36,38)(H,40,41)/t23-,24?,25-/m0/s1. The predicted molar refractivity (Wildman–Crippen MR) is 168 cm³/mol. The maximum atomic E-state index is 13.4. The summed E-state index contributed by atoms with van der Waals surface area (Å²) in [5, 5.41) is 21.5.